The molecule has 0 bridgehead atoms. The summed E-state index contributed by atoms with van der Waals surface area (Å²) in [5.41, 5.74) is 3.25. The molecule has 0 aliphatic heterocycles. The van der Waals surface area contributed by atoms with Gasteiger partial charge in [0.05, 0.1) is 0 Å². The Labute approximate surface area is 308 Å². The zero-order valence-electron chi connectivity index (χ0n) is 33.3. The fourth-order valence-electron chi connectivity index (χ4n) is 8.33. The van der Waals surface area contributed by atoms with Crippen molar-refractivity contribution in [3.8, 4) is 0 Å². The first kappa shape index (κ1) is 43.6. The van der Waals surface area contributed by atoms with Crippen LogP contribution in [0.15, 0.2) is 60.7 Å². The van der Waals surface area contributed by atoms with Crippen LogP contribution in [-0.4, -0.2) is 0 Å². The summed E-state index contributed by atoms with van der Waals surface area (Å²) in [6.45, 7) is 4.62. The zero-order chi connectivity index (χ0) is 34.8. The molecule has 0 spiro atoms. The summed E-state index contributed by atoms with van der Waals surface area (Å²) >= 11 is 0. The highest BCUT2D eigenvalue weighted by atomic mass is 14.4. The van der Waals surface area contributed by atoms with Gasteiger partial charge in [-0.2, -0.15) is 0 Å². The van der Waals surface area contributed by atoms with Crippen molar-refractivity contribution in [3.63, 3.8) is 0 Å². The monoisotopic (exact) mass is 673 g/mol. The minimum absolute atomic E-state index is 0.161. The topological polar surface area (TPSA) is 0 Å². The van der Waals surface area contributed by atoms with Crippen LogP contribution in [0.5, 0.6) is 0 Å². The summed E-state index contributed by atoms with van der Waals surface area (Å²) in [6, 6.07) is 23.2. The van der Waals surface area contributed by atoms with E-state index in [0.717, 1.165) is 0 Å². The Balaban J connectivity index is 1.64. The Kier molecular flexibility index (Phi) is 28.8. The smallest absolute Gasteiger partial charge is 0.0202 e. The molecule has 2 aromatic rings. The molecule has 0 amide bonds. The Morgan fingerprint density at radius 1 is 0.265 bits per heavy atom. The molecule has 280 valence electrons. The van der Waals surface area contributed by atoms with Gasteiger partial charge in [-0.15, -0.1) is 0 Å². The first-order chi connectivity index (χ1) is 24.3. The second-order valence-corrected chi connectivity index (χ2v) is 15.9. The van der Waals surface area contributed by atoms with Crippen LogP contribution in [0, 0.1) is 0 Å². The van der Waals surface area contributed by atoms with Crippen molar-refractivity contribution in [2.24, 2.45) is 0 Å². The molecule has 0 nitrogen and oxygen atoms in total. The van der Waals surface area contributed by atoms with Crippen molar-refractivity contribution < 1.29 is 0 Å². The molecular formula is C49H84. The quantitative estimate of drug-likeness (QED) is 0.0632. The van der Waals surface area contributed by atoms with Crippen molar-refractivity contribution >= 4 is 0 Å². The summed E-state index contributed by atoms with van der Waals surface area (Å²) < 4.78 is 0. The molecule has 2 rings (SSSR count). The van der Waals surface area contributed by atoms with Gasteiger partial charge in [0.2, 0.25) is 0 Å². The van der Waals surface area contributed by atoms with Gasteiger partial charge in [0.25, 0.3) is 0 Å². The van der Waals surface area contributed by atoms with Crippen molar-refractivity contribution in [3.05, 3.63) is 71.8 Å². The third-order valence-corrected chi connectivity index (χ3v) is 11.6. The molecule has 49 heavy (non-hydrogen) atoms. The average Bonchev–Trinajstić information content (AvgIpc) is 3.14. The van der Waals surface area contributed by atoms with Gasteiger partial charge in [-0.05, 0) is 24.0 Å². The Hall–Kier alpha value is -1.56. The van der Waals surface area contributed by atoms with E-state index in [9.17, 15) is 0 Å². The molecule has 0 atom stereocenters. The van der Waals surface area contributed by atoms with Crippen LogP contribution >= 0.6 is 0 Å². The Bertz CT molecular complexity index is 836. The summed E-state index contributed by atoms with van der Waals surface area (Å²) in [7, 11) is 0. The first-order valence-electron chi connectivity index (χ1n) is 22.4. The fraction of sp³-hybridized carbons (Fsp3) is 0.755. The molecule has 0 aliphatic carbocycles. The normalized spacial score (nSPS) is 11.8. The van der Waals surface area contributed by atoms with E-state index in [2.05, 4.69) is 74.5 Å². The second-order valence-electron chi connectivity index (χ2n) is 15.9. The van der Waals surface area contributed by atoms with E-state index in [4.69, 9.17) is 0 Å². The lowest BCUT2D eigenvalue weighted by Crippen LogP contribution is -2.28. The van der Waals surface area contributed by atoms with E-state index < -0.39 is 0 Å². The minimum Gasteiger partial charge on any atom is -0.0654 e. The van der Waals surface area contributed by atoms with Crippen LogP contribution in [0.1, 0.15) is 243 Å². The van der Waals surface area contributed by atoms with Gasteiger partial charge in [0.1, 0.15) is 0 Å². The van der Waals surface area contributed by atoms with Crippen LogP contribution in [0.4, 0.5) is 0 Å². The molecule has 0 heterocycles. The molecule has 0 saturated carbocycles. The Morgan fingerprint density at radius 3 is 0.694 bits per heavy atom. The summed E-state index contributed by atoms with van der Waals surface area (Å²) in [5.74, 6) is 0. The maximum Gasteiger partial charge on any atom is 0.0202 e. The molecule has 0 unspecified atom stereocenters. The van der Waals surface area contributed by atoms with Gasteiger partial charge in [-0.1, -0.05) is 280 Å². The van der Waals surface area contributed by atoms with Crippen molar-refractivity contribution in [1.82, 2.24) is 0 Å². The van der Waals surface area contributed by atoms with Gasteiger partial charge in [-0.25, -0.2) is 0 Å². The van der Waals surface area contributed by atoms with Crippen molar-refractivity contribution in [2.75, 3.05) is 0 Å². The molecule has 0 aliphatic rings. The minimum atomic E-state index is 0.161. The van der Waals surface area contributed by atoms with Crippen LogP contribution in [-0.2, 0) is 5.41 Å². The second kappa shape index (κ2) is 32.4. The average molecular weight is 673 g/mol. The number of benzene rings is 2. The van der Waals surface area contributed by atoms with Gasteiger partial charge in [0, 0.05) is 5.41 Å². The molecule has 0 radical (unpaired) electrons. The van der Waals surface area contributed by atoms with Gasteiger partial charge in [0.15, 0.2) is 0 Å². The molecule has 0 N–H and O–H groups in total. The van der Waals surface area contributed by atoms with Crippen molar-refractivity contribution in [2.45, 2.75) is 238 Å². The molecule has 0 fully saturated rings. The fourth-order valence-corrected chi connectivity index (χ4v) is 8.33. The molecule has 0 aromatic heterocycles. The number of unbranched alkanes of at least 4 members (excludes halogenated alkanes) is 30. The van der Waals surface area contributed by atoms with E-state index in [1.807, 2.05) is 0 Å². The van der Waals surface area contributed by atoms with E-state index in [1.54, 1.807) is 11.1 Å². The van der Waals surface area contributed by atoms with E-state index in [1.165, 1.54) is 218 Å². The first-order valence-corrected chi connectivity index (χ1v) is 22.4. The van der Waals surface area contributed by atoms with E-state index >= 15 is 0 Å². The van der Waals surface area contributed by atoms with Gasteiger partial charge < -0.3 is 0 Å². The number of rotatable bonds is 36. The standard InChI is InChI=1S/C49H84/c1-3-5-7-9-11-13-15-17-19-21-23-25-27-29-31-39-45-49(47-41-35-33-36-42-47,48-43-37-34-38-44-48)46-40-32-30-28-26-24-22-20-18-16-14-12-10-8-6-4-2/h33-38,41-44H,3-32,39-40,45-46H2,1-2H3. The summed E-state index contributed by atoms with van der Waals surface area (Å²) in [5, 5.41) is 0. The van der Waals surface area contributed by atoms with Crippen LogP contribution in [0.2, 0.25) is 0 Å². The highest BCUT2D eigenvalue weighted by Crippen LogP contribution is 2.42. The van der Waals surface area contributed by atoms with E-state index in [-0.39, 0.29) is 5.41 Å². The summed E-state index contributed by atoms with van der Waals surface area (Å²) in [4.78, 5) is 0. The predicted molar refractivity (Wildman–Crippen MR) is 222 cm³/mol. The van der Waals surface area contributed by atoms with Gasteiger partial charge >= 0.3 is 0 Å². The molecule has 0 saturated heterocycles. The highest BCUT2D eigenvalue weighted by molar-refractivity contribution is 5.39. The zero-order valence-corrected chi connectivity index (χ0v) is 33.3. The maximum absolute atomic E-state index is 2.42. The lowest BCUT2D eigenvalue weighted by molar-refractivity contribution is 0.389. The highest BCUT2D eigenvalue weighted by Gasteiger charge is 2.33. The maximum atomic E-state index is 2.42. The molecule has 0 heteroatoms. The van der Waals surface area contributed by atoms with Gasteiger partial charge in [-0.3, -0.25) is 0 Å². The van der Waals surface area contributed by atoms with Crippen molar-refractivity contribution in [1.29, 1.82) is 0 Å². The van der Waals surface area contributed by atoms with Crippen LogP contribution < -0.4 is 0 Å². The van der Waals surface area contributed by atoms with E-state index in [0.29, 0.717) is 0 Å². The SMILES string of the molecule is CCCCCCCCCCCCCCCCCCC(CCCCCCCCCCCCCCCCCC)(c1ccccc1)c1ccccc1. The Morgan fingerprint density at radius 2 is 0.469 bits per heavy atom. The summed E-state index contributed by atoms with van der Waals surface area (Å²) in [6.07, 6.45) is 48.5. The number of hydrogen-bond donors (Lipinski definition) is 0. The predicted octanol–water partition coefficient (Wildman–Crippen LogP) is 17.3. The van der Waals surface area contributed by atoms with Crippen LogP contribution in [0.3, 0.4) is 0 Å². The third kappa shape index (κ3) is 22.1. The lowest BCUT2D eigenvalue weighted by Gasteiger charge is -2.36. The number of hydrogen-bond acceptors (Lipinski definition) is 0. The third-order valence-electron chi connectivity index (χ3n) is 11.6. The lowest BCUT2D eigenvalue weighted by atomic mass is 9.68. The van der Waals surface area contributed by atoms with Crippen LogP contribution in [0.25, 0.3) is 0 Å². The largest absolute Gasteiger partial charge is 0.0654 e. The molecular weight excluding hydrogens is 589 g/mol. The molecule has 2 aromatic carbocycles.